The Hall–Kier alpha value is -2.95. The molecule has 0 atom stereocenters. The number of aromatic nitrogens is 1. The summed E-state index contributed by atoms with van der Waals surface area (Å²) in [6, 6.07) is 14.9. The molecule has 3 aromatic rings. The van der Waals surface area contributed by atoms with Crippen LogP contribution in [0.1, 0.15) is 17.3 Å². The van der Waals surface area contributed by atoms with Crippen LogP contribution in [-0.2, 0) is 4.74 Å². The lowest BCUT2D eigenvalue weighted by atomic mass is 10.1. The molecular formula is C17H14N2O3. The normalized spacial score (nSPS) is 10.6. The van der Waals surface area contributed by atoms with Gasteiger partial charge in [-0.3, -0.25) is 4.40 Å². The number of nitrogens with zero attached hydrogens (tertiary/aromatic N) is 2. The smallest absolute Gasteiger partial charge is 0.339 e. The molecule has 0 radical (unpaired) electrons. The zero-order valence-corrected chi connectivity index (χ0v) is 12.0. The van der Waals surface area contributed by atoms with Crippen molar-refractivity contribution in [3.05, 3.63) is 65.2 Å². The summed E-state index contributed by atoms with van der Waals surface area (Å²) >= 11 is 0. The lowest BCUT2D eigenvalue weighted by Gasteiger charge is -2.03. The van der Waals surface area contributed by atoms with E-state index in [1.165, 1.54) is 0 Å². The fourth-order valence-electron chi connectivity index (χ4n) is 2.41. The molecule has 0 fully saturated rings. The van der Waals surface area contributed by atoms with Crippen molar-refractivity contribution < 1.29 is 9.53 Å². The summed E-state index contributed by atoms with van der Waals surface area (Å²) in [6.07, 6.45) is 1.58. The molecule has 0 N–H and O–H groups in total. The Morgan fingerprint density at radius 3 is 2.64 bits per heavy atom. The molecule has 0 saturated heterocycles. The highest BCUT2D eigenvalue weighted by Gasteiger charge is 2.15. The highest BCUT2D eigenvalue weighted by molar-refractivity contribution is 5.90. The minimum atomic E-state index is -0.420. The number of ether oxygens (including phenoxy) is 1. The summed E-state index contributed by atoms with van der Waals surface area (Å²) < 4.78 is 6.59. The first kappa shape index (κ1) is 14.0. The number of esters is 1. The molecular weight excluding hydrogens is 280 g/mol. The largest absolute Gasteiger partial charge is 0.462 e. The van der Waals surface area contributed by atoms with Gasteiger partial charge in [-0.15, -0.1) is 4.91 Å². The lowest BCUT2D eigenvalue weighted by Crippen LogP contribution is -2.05. The summed E-state index contributed by atoms with van der Waals surface area (Å²) in [5.74, 6) is -0.149. The molecule has 0 saturated carbocycles. The molecule has 5 heteroatoms. The molecule has 2 heterocycles. The molecule has 2 aromatic heterocycles. The average Bonchev–Trinajstić information content (AvgIpc) is 2.93. The van der Waals surface area contributed by atoms with Crippen LogP contribution in [0, 0.1) is 4.91 Å². The number of carbonyl (C=O) groups is 1. The van der Waals surface area contributed by atoms with Gasteiger partial charge in [0.25, 0.3) is 0 Å². The van der Waals surface area contributed by atoms with E-state index >= 15 is 0 Å². The number of rotatable bonds is 4. The van der Waals surface area contributed by atoms with Gasteiger partial charge in [0.05, 0.1) is 12.2 Å². The van der Waals surface area contributed by atoms with Crippen molar-refractivity contribution in [1.82, 2.24) is 4.40 Å². The van der Waals surface area contributed by atoms with E-state index in [0.29, 0.717) is 12.2 Å². The van der Waals surface area contributed by atoms with Gasteiger partial charge < -0.3 is 4.74 Å². The van der Waals surface area contributed by atoms with E-state index in [0.717, 1.165) is 16.6 Å². The summed E-state index contributed by atoms with van der Waals surface area (Å²) in [5, 5.41) is 3.14. The van der Waals surface area contributed by atoms with Crippen LogP contribution < -0.4 is 0 Å². The van der Waals surface area contributed by atoms with Crippen molar-refractivity contribution in [3.63, 3.8) is 0 Å². The van der Waals surface area contributed by atoms with Crippen LogP contribution in [0.5, 0.6) is 0 Å². The molecule has 0 spiro atoms. The molecule has 0 aliphatic rings. The first-order valence-electron chi connectivity index (χ1n) is 6.95. The number of nitroso groups, excluding NO2 is 1. The molecule has 5 nitrogen and oxygen atoms in total. The van der Waals surface area contributed by atoms with Crippen molar-refractivity contribution in [2.75, 3.05) is 6.61 Å². The Balaban J connectivity index is 2.17. The molecule has 1 aromatic carbocycles. The van der Waals surface area contributed by atoms with Gasteiger partial charge in [0.2, 0.25) is 0 Å². The van der Waals surface area contributed by atoms with Gasteiger partial charge in [0.1, 0.15) is 0 Å². The molecule has 0 aliphatic carbocycles. The fraction of sp³-hybridized carbons (Fsp3) is 0.118. The third kappa shape index (κ3) is 2.37. The van der Waals surface area contributed by atoms with Crippen molar-refractivity contribution in [1.29, 1.82) is 0 Å². The average molecular weight is 294 g/mol. The van der Waals surface area contributed by atoms with Crippen LogP contribution in [0.25, 0.3) is 16.6 Å². The first-order valence-corrected chi connectivity index (χ1v) is 6.95. The molecule has 3 rings (SSSR count). The number of carbonyl (C=O) groups excluding carboxylic acids is 1. The van der Waals surface area contributed by atoms with Gasteiger partial charge in [-0.05, 0) is 35.9 Å². The van der Waals surface area contributed by atoms with E-state index < -0.39 is 5.97 Å². The minimum absolute atomic E-state index is 0.271. The highest BCUT2D eigenvalue weighted by Crippen LogP contribution is 2.33. The van der Waals surface area contributed by atoms with Crippen LogP contribution in [-0.4, -0.2) is 17.0 Å². The highest BCUT2D eigenvalue weighted by atomic mass is 16.5. The Kier molecular flexibility index (Phi) is 3.70. The summed E-state index contributed by atoms with van der Waals surface area (Å²) in [5.41, 5.74) is 2.81. The van der Waals surface area contributed by atoms with Gasteiger partial charge >= 0.3 is 5.97 Å². The van der Waals surface area contributed by atoms with Crippen LogP contribution in [0.15, 0.2) is 59.9 Å². The second-order valence-electron chi connectivity index (χ2n) is 4.77. The maximum Gasteiger partial charge on any atom is 0.339 e. The quantitative estimate of drug-likeness (QED) is 0.535. The van der Waals surface area contributed by atoms with Gasteiger partial charge in [-0.1, -0.05) is 30.3 Å². The van der Waals surface area contributed by atoms with Gasteiger partial charge in [-0.25, -0.2) is 4.79 Å². The summed E-state index contributed by atoms with van der Waals surface area (Å²) in [4.78, 5) is 23.1. The van der Waals surface area contributed by atoms with Gasteiger partial charge in [-0.2, -0.15) is 0 Å². The van der Waals surface area contributed by atoms with E-state index in [-0.39, 0.29) is 5.82 Å². The summed E-state index contributed by atoms with van der Waals surface area (Å²) in [6.45, 7) is 2.05. The van der Waals surface area contributed by atoms with Gasteiger partial charge in [0.15, 0.2) is 5.82 Å². The van der Waals surface area contributed by atoms with E-state index in [1.807, 2.05) is 36.4 Å². The van der Waals surface area contributed by atoms with Crippen molar-refractivity contribution in [2.24, 2.45) is 5.18 Å². The summed E-state index contributed by atoms with van der Waals surface area (Å²) in [7, 11) is 0. The van der Waals surface area contributed by atoms with Crippen LogP contribution >= 0.6 is 0 Å². The Labute approximate surface area is 127 Å². The van der Waals surface area contributed by atoms with E-state index in [4.69, 9.17) is 4.74 Å². The topological polar surface area (TPSA) is 60.1 Å². The molecule has 0 bridgehead atoms. The van der Waals surface area contributed by atoms with E-state index in [1.54, 1.807) is 29.7 Å². The molecule has 110 valence electrons. The monoisotopic (exact) mass is 294 g/mol. The van der Waals surface area contributed by atoms with E-state index in [9.17, 15) is 9.70 Å². The van der Waals surface area contributed by atoms with Crippen molar-refractivity contribution >= 4 is 17.3 Å². The Morgan fingerprint density at radius 1 is 1.18 bits per heavy atom. The van der Waals surface area contributed by atoms with Crippen LogP contribution in [0.4, 0.5) is 5.82 Å². The fourth-order valence-corrected chi connectivity index (χ4v) is 2.41. The number of fused-ring (bicyclic) bond motifs is 1. The molecule has 0 unspecified atom stereocenters. The van der Waals surface area contributed by atoms with Crippen molar-refractivity contribution in [2.45, 2.75) is 6.92 Å². The number of hydrogen-bond acceptors (Lipinski definition) is 4. The van der Waals surface area contributed by atoms with Crippen molar-refractivity contribution in [3.8, 4) is 11.1 Å². The van der Waals surface area contributed by atoms with Crippen LogP contribution in [0.3, 0.4) is 0 Å². The predicted molar refractivity (Wildman–Crippen MR) is 84.2 cm³/mol. The van der Waals surface area contributed by atoms with E-state index in [2.05, 4.69) is 5.18 Å². The second kappa shape index (κ2) is 5.81. The Morgan fingerprint density at radius 2 is 1.95 bits per heavy atom. The molecule has 0 aliphatic heterocycles. The second-order valence-corrected chi connectivity index (χ2v) is 4.77. The molecule has 0 amide bonds. The third-order valence-electron chi connectivity index (χ3n) is 3.42. The number of pyridine rings is 1. The third-order valence-corrected chi connectivity index (χ3v) is 3.42. The zero-order valence-electron chi connectivity index (χ0n) is 12.0. The maximum absolute atomic E-state index is 11.8. The maximum atomic E-state index is 11.8. The molecule has 22 heavy (non-hydrogen) atoms. The zero-order chi connectivity index (χ0) is 15.5. The first-order chi connectivity index (χ1) is 10.7. The standard InChI is InChI=1S/C17H14N2O3/c1-2-22-17(20)13-8-9-14-10-15(12-6-4-3-5-7-12)16(18-21)19(14)11-13/h3-11H,2H2,1H3. The SMILES string of the molecule is CCOC(=O)c1ccc2cc(-c3ccccc3)c(N=O)n2c1. The Bertz CT molecular complexity index is 838. The minimum Gasteiger partial charge on any atom is -0.462 e. The van der Waals surface area contributed by atoms with Gasteiger partial charge in [0, 0.05) is 17.3 Å². The predicted octanol–water partition coefficient (Wildman–Crippen LogP) is 4.18. The number of benzene rings is 1. The van der Waals surface area contributed by atoms with Crippen LogP contribution in [0.2, 0.25) is 0 Å². The lowest BCUT2D eigenvalue weighted by molar-refractivity contribution is 0.0526. The number of hydrogen-bond donors (Lipinski definition) is 0.